The van der Waals surface area contributed by atoms with E-state index in [0.717, 1.165) is 35.0 Å². The molecule has 0 saturated carbocycles. The van der Waals surface area contributed by atoms with Crippen LogP contribution in [-0.2, 0) is 61.9 Å². The zero-order valence-electron chi connectivity index (χ0n) is 79.2. The van der Waals surface area contributed by atoms with Crippen molar-refractivity contribution in [1.29, 1.82) is 0 Å². The minimum absolute atomic E-state index is 0. The summed E-state index contributed by atoms with van der Waals surface area (Å²) in [6.45, 7) is 18.1. The molecule has 0 radical (unpaired) electrons. The van der Waals surface area contributed by atoms with Gasteiger partial charge in [-0.15, -0.1) is 5.56 Å². The van der Waals surface area contributed by atoms with Crippen LogP contribution in [0.2, 0.25) is 0 Å². The van der Waals surface area contributed by atoms with Crippen molar-refractivity contribution in [3.05, 3.63) is 501 Å². The smallest absolute Gasteiger partial charge is 0.0134 e. The van der Waals surface area contributed by atoms with Crippen molar-refractivity contribution < 1.29 is 72.1 Å². The molecule has 14 aromatic carbocycles. The molecule has 0 fully saturated rings. The number of hydrogen-bond donors (Lipinski definition) is 2. The van der Waals surface area contributed by atoms with Gasteiger partial charge in [0.05, 0.1) is 5.69 Å². The molecular formula is C117H114BrF3N6O5P4PdSZn. The Morgan fingerprint density at radius 3 is 0.806 bits per heavy atom. The Kier molecular flexibility index (Phi) is 44.6. The van der Waals surface area contributed by atoms with E-state index in [1.165, 1.54) is 102 Å². The van der Waals surface area contributed by atoms with Gasteiger partial charge < -0.3 is 29.6 Å². The van der Waals surface area contributed by atoms with Crippen molar-refractivity contribution in [2.45, 2.75) is 84.6 Å². The summed E-state index contributed by atoms with van der Waals surface area (Å²) in [5.74, 6) is -0.328. The van der Waals surface area contributed by atoms with Gasteiger partial charge in [-0.3, -0.25) is 4.98 Å². The quantitative estimate of drug-likeness (QED) is 0.0305. The van der Waals surface area contributed by atoms with Gasteiger partial charge in [-0.2, -0.15) is 33.7 Å². The molecule has 2 aliphatic rings. The van der Waals surface area contributed by atoms with E-state index in [0.29, 0.717) is 18.8 Å². The molecule has 0 bridgehead atoms. The Balaban J connectivity index is 0.000000169. The van der Waals surface area contributed by atoms with E-state index in [-0.39, 0.29) is 62.6 Å². The minimum Gasteiger partial charge on any atom is -0.0622 e. The topological polar surface area (TPSA) is 134 Å². The first-order valence-corrected chi connectivity index (χ1v) is 59.1. The predicted molar refractivity (Wildman–Crippen MR) is 579 cm³/mol. The van der Waals surface area contributed by atoms with E-state index in [1.807, 2.05) is 60.5 Å². The van der Waals surface area contributed by atoms with Gasteiger partial charge >= 0.3 is 57.7 Å². The fourth-order valence-corrected chi connectivity index (χ4v) is 24.4. The van der Waals surface area contributed by atoms with E-state index in [1.54, 1.807) is 18.3 Å². The van der Waals surface area contributed by atoms with Crippen LogP contribution < -0.4 is 74.3 Å². The number of hydrogen-bond acceptors (Lipinski definition) is 7. The van der Waals surface area contributed by atoms with Crippen LogP contribution in [0.15, 0.2) is 467 Å². The Morgan fingerprint density at radius 1 is 0.360 bits per heavy atom. The Labute approximate surface area is 855 Å². The van der Waals surface area contributed by atoms with Crippen LogP contribution in [0, 0.1) is 20.0 Å². The molecule has 18 rings (SSSR count). The summed E-state index contributed by atoms with van der Waals surface area (Å²) < 4.78 is 63.0. The number of halogens is 4. The van der Waals surface area contributed by atoms with Crippen LogP contribution in [0.4, 0.5) is 34.1 Å². The van der Waals surface area contributed by atoms with Gasteiger partial charge in [-0.05, 0) is 178 Å². The van der Waals surface area contributed by atoms with Crippen LogP contribution in [0.25, 0.3) is 5.57 Å². The molecular weight excluding hydrogens is 2030 g/mol. The van der Waals surface area contributed by atoms with Crippen LogP contribution in [-0.4, -0.2) is 71.9 Å². The molecule has 139 heavy (non-hydrogen) atoms. The number of benzene rings is 14. The average molecular weight is 2150 g/mol. The second kappa shape index (κ2) is 56.6. The van der Waals surface area contributed by atoms with E-state index < -0.39 is 53.3 Å². The number of pyridine rings is 2. The standard InChI is InChI=1S/C22H27N3O.4C18H15P.C17H21F3N2O4S.C6H6N.BrH.Pd.Zn/c1-16-6-5-13-23-20(16)17-11-14-25(15-12-17)21(26)24-19-9-7-18(8-10-19)22(2,3)4;4*1-4-10-16(11-5-1)19(17-12-6-2-7-13-17)18-14-8-3-9-15-18;1-16(2,3)12-4-6-13(7-5-12)21-15(23)22-10-8-14(9-11-22)26-27(24,25)17(18,19)20;1-6-3-2-4-7-5-6;;;/h5-11,13H,12,14-15H2,1-4H3,(H,24,26);4*1-15H;4-8H,9-11H2,1-3H3,(H,21,23);2-4H,1H3;1H;;/q;;;;;;-1;;;+2/p-1. The molecule has 2 N–H and O–H groups in total. The summed E-state index contributed by atoms with van der Waals surface area (Å²) in [5.41, 5.74) is 2.91. The number of aromatic nitrogens is 2. The molecule has 4 heterocycles. The summed E-state index contributed by atoms with van der Waals surface area (Å²) in [4.78, 5) is 36.2. The van der Waals surface area contributed by atoms with Crippen molar-refractivity contribution in [3.8, 4) is 0 Å². The predicted octanol–water partition coefficient (Wildman–Crippen LogP) is 24.8. The number of rotatable bonds is 17. The first-order chi connectivity index (χ1) is 66.8. The largest absolute Gasteiger partial charge is 0.0622 e. The summed E-state index contributed by atoms with van der Waals surface area (Å²) in [6, 6.07) is 152. The zero-order chi connectivity index (χ0) is 98.0. The monoisotopic (exact) mass is 2140 g/mol. The summed E-state index contributed by atoms with van der Waals surface area (Å²) in [7, 11) is -7.47. The second-order valence-electron chi connectivity index (χ2n) is 33.8. The first kappa shape index (κ1) is 109. The van der Waals surface area contributed by atoms with Crippen LogP contribution >= 0.6 is 45.3 Å². The zero-order valence-corrected chi connectivity index (χ0v) is 89.7. The average Bonchev–Trinajstić information content (AvgIpc) is 0.812. The molecule has 0 aliphatic carbocycles. The third-order valence-electron chi connectivity index (χ3n) is 21.7. The molecule has 0 saturated heterocycles. The number of carbonyl (C=O) groups is 2. The van der Waals surface area contributed by atoms with Crippen molar-refractivity contribution in [2.75, 3.05) is 36.8 Å². The van der Waals surface area contributed by atoms with Crippen molar-refractivity contribution >= 4 is 148 Å². The van der Waals surface area contributed by atoms with Gasteiger partial charge in [0.15, 0.2) is 0 Å². The van der Waals surface area contributed by atoms with E-state index >= 15 is 0 Å². The molecule has 708 valence electrons. The molecule has 22 heteroatoms. The fourth-order valence-electron chi connectivity index (χ4n) is 14.6. The Hall–Kier alpha value is -11.6. The molecule has 2 aliphatic heterocycles. The summed E-state index contributed by atoms with van der Waals surface area (Å²) >= 11 is 4.25. The van der Waals surface area contributed by atoms with E-state index in [2.05, 4.69) is 481 Å². The second-order valence-corrected chi connectivity index (χ2v) is 44.2. The maximum absolute atomic E-state index is 12.5. The van der Waals surface area contributed by atoms with Crippen LogP contribution in [0.1, 0.15) is 82.3 Å². The fraction of sp³-hybridized carbons (Fsp3) is 0.145. The minimum atomic E-state index is -5.69. The molecule has 2 aromatic heterocycles. The van der Waals surface area contributed by atoms with Crippen molar-refractivity contribution in [3.63, 3.8) is 0 Å². The van der Waals surface area contributed by atoms with Gasteiger partial charge in [-0.25, -0.2) is 9.59 Å². The summed E-state index contributed by atoms with van der Waals surface area (Å²) in [6.07, 6.45) is 10.3. The SMILES string of the molecule is CC(C)(C)c1ccc(NC(=O)N2CC=C(OS(=O)(=O)C(F)(F)F)CC2)cc1.Cc1[c-]nccc1.Cc1cccnc1C1=CCN(C(=O)Nc2ccc(C(C)(C)C)cc2)CC1.[Pd].[Zn+][Br].c1ccc(P(c2ccccc2)c2ccccc2)cc1.c1ccc(P(c2ccccc2)c2ccccc2)cc1.c1ccc(P(c2ccccc2)c2ccccc2)cc1.c1ccc(P(c2ccccc2)c2ccccc2)cc1. The van der Waals surface area contributed by atoms with E-state index in [9.17, 15) is 31.2 Å². The Morgan fingerprint density at radius 2 is 0.612 bits per heavy atom. The molecule has 16 aromatic rings. The van der Waals surface area contributed by atoms with Gasteiger partial charge in [0, 0.05) is 70.6 Å². The number of anilines is 2. The third-order valence-corrected chi connectivity index (χ3v) is 32.5. The van der Waals surface area contributed by atoms with Gasteiger partial charge in [-0.1, -0.05) is 461 Å². The van der Waals surface area contributed by atoms with Gasteiger partial charge in [0.25, 0.3) is 0 Å². The van der Waals surface area contributed by atoms with Gasteiger partial charge in [0.1, 0.15) is 5.76 Å². The number of nitrogens with one attached hydrogen (secondary N) is 2. The molecule has 11 nitrogen and oxygen atoms in total. The van der Waals surface area contributed by atoms with Crippen molar-refractivity contribution in [2.24, 2.45) is 0 Å². The van der Waals surface area contributed by atoms with E-state index in [4.69, 9.17) is 0 Å². The van der Waals surface area contributed by atoms with Crippen LogP contribution in [0.5, 0.6) is 0 Å². The third kappa shape index (κ3) is 34.7. The van der Waals surface area contributed by atoms with Gasteiger partial charge in [0.2, 0.25) is 0 Å². The number of alkyl halides is 3. The molecule has 0 spiro atoms. The van der Waals surface area contributed by atoms with Crippen molar-refractivity contribution in [1.82, 2.24) is 19.8 Å². The Bertz CT molecular complexity index is 5620. The maximum atomic E-state index is 12.5. The number of urea groups is 2. The number of aryl methyl sites for hydroxylation is 2. The normalized spacial score (nSPS) is 12.1. The number of carbonyl (C=O) groups excluding carboxylic acids is 2. The number of nitrogens with zero attached hydrogens (tertiary/aromatic N) is 4. The molecule has 0 atom stereocenters. The molecule has 0 unspecified atom stereocenters. The first-order valence-electron chi connectivity index (χ1n) is 45.3. The summed E-state index contributed by atoms with van der Waals surface area (Å²) in [5, 5.41) is 22.5. The molecule has 4 amide bonds. The number of amides is 4. The van der Waals surface area contributed by atoms with Crippen LogP contribution in [0.3, 0.4) is 0 Å². The maximum Gasteiger partial charge on any atom is -0.0134 e.